The van der Waals surface area contributed by atoms with Crippen LogP contribution >= 0.6 is 0 Å². The maximum absolute atomic E-state index is 12.1. The lowest BCUT2D eigenvalue weighted by atomic mass is 9.99. The van der Waals surface area contributed by atoms with Crippen molar-refractivity contribution in [1.82, 2.24) is 5.32 Å². The molecule has 0 saturated heterocycles. The monoisotopic (exact) mass is 310 g/mol. The number of para-hydroxylation sites is 1. The van der Waals surface area contributed by atoms with Gasteiger partial charge in [-0.15, -0.1) is 0 Å². The Morgan fingerprint density at radius 3 is 2.22 bits per heavy atom. The first-order valence-corrected chi connectivity index (χ1v) is 8.20. The Hall–Kier alpha value is -2.29. The van der Waals surface area contributed by atoms with Gasteiger partial charge in [0.25, 0.3) is 0 Å². The number of aryl methyl sites for hydroxylation is 1. The van der Waals surface area contributed by atoms with Crippen molar-refractivity contribution >= 4 is 11.6 Å². The van der Waals surface area contributed by atoms with Crippen molar-refractivity contribution in [2.75, 3.05) is 5.73 Å². The van der Waals surface area contributed by atoms with Crippen molar-refractivity contribution in [2.24, 2.45) is 0 Å². The maximum Gasteiger partial charge on any atom is 0.220 e. The number of nitrogen functional groups attached to an aromatic ring is 1. The number of amides is 1. The van der Waals surface area contributed by atoms with Crippen molar-refractivity contribution in [3.05, 3.63) is 65.2 Å². The summed E-state index contributed by atoms with van der Waals surface area (Å²) < 4.78 is 0. The average molecular weight is 310 g/mol. The van der Waals surface area contributed by atoms with E-state index in [4.69, 9.17) is 5.73 Å². The first-order valence-electron chi connectivity index (χ1n) is 8.20. The first kappa shape index (κ1) is 17.1. The van der Waals surface area contributed by atoms with E-state index in [1.807, 2.05) is 31.2 Å². The van der Waals surface area contributed by atoms with Gasteiger partial charge < -0.3 is 11.1 Å². The molecule has 23 heavy (non-hydrogen) atoms. The zero-order chi connectivity index (χ0) is 16.8. The molecule has 0 heterocycles. The SMILES string of the molecule is CC(C)c1ccc(C(C)NC(=O)CCc2ccccc2N)cc1. The largest absolute Gasteiger partial charge is 0.399 e. The van der Waals surface area contributed by atoms with Gasteiger partial charge in [-0.25, -0.2) is 0 Å². The Kier molecular flexibility index (Phi) is 5.80. The molecule has 122 valence electrons. The van der Waals surface area contributed by atoms with E-state index in [0.717, 1.165) is 16.8 Å². The minimum Gasteiger partial charge on any atom is -0.399 e. The van der Waals surface area contributed by atoms with Gasteiger partial charge in [-0.05, 0) is 42.0 Å². The Morgan fingerprint density at radius 1 is 1.00 bits per heavy atom. The van der Waals surface area contributed by atoms with Gasteiger partial charge in [0.05, 0.1) is 6.04 Å². The average Bonchev–Trinajstić information content (AvgIpc) is 2.54. The van der Waals surface area contributed by atoms with Gasteiger partial charge in [0.15, 0.2) is 0 Å². The second kappa shape index (κ2) is 7.82. The zero-order valence-electron chi connectivity index (χ0n) is 14.2. The second-order valence-electron chi connectivity index (χ2n) is 6.31. The molecule has 0 aliphatic rings. The number of hydrogen-bond donors (Lipinski definition) is 2. The van der Waals surface area contributed by atoms with Crippen LogP contribution in [0.25, 0.3) is 0 Å². The van der Waals surface area contributed by atoms with E-state index >= 15 is 0 Å². The highest BCUT2D eigenvalue weighted by atomic mass is 16.1. The molecule has 1 atom stereocenters. The van der Waals surface area contributed by atoms with Crippen LogP contribution in [0.1, 0.15) is 55.8 Å². The number of rotatable bonds is 6. The van der Waals surface area contributed by atoms with Crippen LogP contribution in [0, 0.1) is 0 Å². The third-order valence-electron chi connectivity index (χ3n) is 4.16. The van der Waals surface area contributed by atoms with E-state index < -0.39 is 0 Å². The summed E-state index contributed by atoms with van der Waals surface area (Å²) in [5, 5.41) is 3.05. The number of nitrogens with two attached hydrogens (primary N) is 1. The molecule has 1 amide bonds. The number of benzene rings is 2. The molecule has 2 rings (SSSR count). The number of carbonyl (C=O) groups excluding carboxylic acids is 1. The normalized spacial score (nSPS) is 12.2. The van der Waals surface area contributed by atoms with E-state index in [-0.39, 0.29) is 11.9 Å². The van der Waals surface area contributed by atoms with Crippen LogP contribution in [0.4, 0.5) is 5.69 Å². The summed E-state index contributed by atoms with van der Waals surface area (Å²) in [6.45, 7) is 6.37. The molecule has 3 N–H and O–H groups in total. The quantitative estimate of drug-likeness (QED) is 0.786. The summed E-state index contributed by atoms with van der Waals surface area (Å²) in [6.07, 6.45) is 1.11. The summed E-state index contributed by atoms with van der Waals surface area (Å²) in [6, 6.07) is 16.1. The predicted octanol–water partition coefficient (Wildman–Crippen LogP) is 4.20. The van der Waals surface area contributed by atoms with Crippen LogP contribution in [0.3, 0.4) is 0 Å². The molecule has 0 aromatic heterocycles. The summed E-state index contributed by atoms with van der Waals surface area (Å²) in [5.74, 6) is 0.568. The van der Waals surface area contributed by atoms with Crippen molar-refractivity contribution < 1.29 is 4.79 Å². The van der Waals surface area contributed by atoms with Gasteiger partial charge in [-0.2, -0.15) is 0 Å². The molecule has 0 fully saturated rings. The van der Waals surface area contributed by atoms with Gasteiger partial charge in [0, 0.05) is 12.1 Å². The summed E-state index contributed by atoms with van der Waals surface area (Å²) in [5.41, 5.74) is 10.1. The molecular weight excluding hydrogens is 284 g/mol. The lowest BCUT2D eigenvalue weighted by Crippen LogP contribution is -2.26. The fourth-order valence-corrected chi connectivity index (χ4v) is 2.58. The smallest absolute Gasteiger partial charge is 0.220 e. The highest BCUT2D eigenvalue weighted by Crippen LogP contribution is 2.19. The molecule has 0 aliphatic carbocycles. The topological polar surface area (TPSA) is 55.1 Å². The van der Waals surface area contributed by atoms with E-state index in [1.165, 1.54) is 5.56 Å². The first-order chi connectivity index (χ1) is 11.0. The number of nitrogens with one attached hydrogen (secondary N) is 1. The Morgan fingerprint density at radius 2 is 1.61 bits per heavy atom. The van der Waals surface area contributed by atoms with Crippen LogP contribution in [-0.4, -0.2) is 5.91 Å². The molecule has 0 radical (unpaired) electrons. The van der Waals surface area contributed by atoms with Crippen LogP contribution in [0.2, 0.25) is 0 Å². The van der Waals surface area contributed by atoms with E-state index in [0.29, 0.717) is 18.8 Å². The number of hydrogen-bond acceptors (Lipinski definition) is 2. The fraction of sp³-hybridized carbons (Fsp3) is 0.350. The molecule has 2 aromatic carbocycles. The van der Waals surface area contributed by atoms with Gasteiger partial charge in [-0.3, -0.25) is 4.79 Å². The minimum atomic E-state index is 0.0110. The van der Waals surface area contributed by atoms with Crippen LogP contribution in [-0.2, 0) is 11.2 Å². The lowest BCUT2D eigenvalue weighted by molar-refractivity contribution is -0.121. The Balaban J connectivity index is 1.88. The summed E-state index contributed by atoms with van der Waals surface area (Å²) >= 11 is 0. The predicted molar refractivity (Wildman–Crippen MR) is 96.3 cm³/mol. The maximum atomic E-state index is 12.1. The molecule has 0 saturated carbocycles. The van der Waals surface area contributed by atoms with Gasteiger partial charge in [-0.1, -0.05) is 56.3 Å². The number of anilines is 1. The van der Waals surface area contributed by atoms with Crippen molar-refractivity contribution in [3.63, 3.8) is 0 Å². The Labute approximate surface area is 138 Å². The van der Waals surface area contributed by atoms with Crippen molar-refractivity contribution in [3.8, 4) is 0 Å². The molecular formula is C20H26N2O. The molecule has 0 spiro atoms. The van der Waals surface area contributed by atoms with Crippen molar-refractivity contribution in [1.29, 1.82) is 0 Å². The third kappa shape index (κ3) is 4.85. The van der Waals surface area contributed by atoms with Crippen LogP contribution < -0.4 is 11.1 Å². The third-order valence-corrected chi connectivity index (χ3v) is 4.16. The molecule has 3 nitrogen and oxygen atoms in total. The molecule has 0 aliphatic heterocycles. The van der Waals surface area contributed by atoms with Crippen LogP contribution in [0.15, 0.2) is 48.5 Å². The Bertz CT molecular complexity index is 647. The van der Waals surface area contributed by atoms with E-state index in [2.05, 4.69) is 43.4 Å². The zero-order valence-corrected chi connectivity index (χ0v) is 14.2. The van der Waals surface area contributed by atoms with Crippen LogP contribution in [0.5, 0.6) is 0 Å². The molecule has 2 aromatic rings. The second-order valence-corrected chi connectivity index (χ2v) is 6.31. The minimum absolute atomic E-state index is 0.0110. The van der Waals surface area contributed by atoms with E-state index in [1.54, 1.807) is 0 Å². The van der Waals surface area contributed by atoms with E-state index in [9.17, 15) is 4.79 Å². The molecule has 3 heteroatoms. The highest BCUT2D eigenvalue weighted by Gasteiger charge is 2.10. The highest BCUT2D eigenvalue weighted by molar-refractivity contribution is 5.77. The molecule has 0 bridgehead atoms. The fourth-order valence-electron chi connectivity index (χ4n) is 2.58. The van der Waals surface area contributed by atoms with Gasteiger partial charge in [0.1, 0.15) is 0 Å². The van der Waals surface area contributed by atoms with Gasteiger partial charge in [0.2, 0.25) is 5.91 Å². The lowest BCUT2D eigenvalue weighted by Gasteiger charge is -2.16. The summed E-state index contributed by atoms with van der Waals surface area (Å²) in [7, 11) is 0. The summed E-state index contributed by atoms with van der Waals surface area (Å²) in [4.78, 5) is 12.1. The van der Waals surface area contributed by atoms with Gasteiger partial charge >= 0.3 is 0 Å². The number of carbonyl (C=O) groups is 1. The molecule has 1 unspecified atom stereocenters. The standard InChI is InChI=1S/C20H26N2O/c1-14(2)16-8-10-17(11-9-16)15(3)22-20(23)13-12-18-6-4-5-7-19(18)21/h4-11,14-15H,12-13,21H2,1-3H3,(H,22,23). The van der Waals surface area contributed by atoms with Crippen molar-refractivity contribution in [2.45, 2.75) is 45.6 Å².